The van der Waals surface area contributed by atoms with Crippen molar-refractivity contribution in [3.8, 4) is 5.75 Å². The van der Waals surface area contributed by atoms with E-state index in [1.54, 1.807) is 6.07 Å². The van der Waals surface area contributed by atoms with Crippen LogP contribution in [0.2, 0.25) is 0 Å². The zero-order chi connectivity index (χ0) is 28.4. The number of nitrogens with one attached hydrogen (secondary N) is 1. The predicted octanol–water partition coefficient (Wildman–Crippen LogP) is 7.59. The minimum Gasteiger partial charge on any atom is -0.469 e. The lowest BCUT2D eigenvalue weighted by Gasteiger charge is -2.40. The number of nitrogens with zero attached hydrogens (tertiary/aromatic N) is 2. The van der Waals surface area contributed by atoms with Gasteiger partial charge in [-0.1, -0.05) is 20.8 Å². The SMILES string of the molecule is COC(=O)CCCC(=O)c1ccc2nc(Nc3ccc(OC(F)(F)F)cc3)n([C@@H]3C[C@H](C)CC(C)(C)C3)c2c1. The van der Waals surface area contributed by atoms with Gasteiger partial charge in [0.05, 0.1) is 18.1 Å². The van der Waals surface area contributed by atoms with Crippen LogP contribution in [0.1, 0.15) is 75.7 Å². The van der Waals surface area contributed by atoms with Crippen LogP contribution in [0.25, 0.3) is 11.0 Å². The van der Waals surface area contributed by atoms with Crippen LogP contribution >= 0.6 is 0 Å². The molecule has 1 saturated carbocycles. The Morgan fingerprint density at radius 3 is 2.46 bits per heavy atom. The Kier molecular flexibility index (Phi) is 8.23. The molecule has 0 amide bonds. The molecular formula is C29H34F3N3O4. The second-order valence-electron chi connectivity index (χ2n) is 11.1. The monoisotopic (exact) mass is 545 g/mol. The van der Waals surface area contributed by atoms with Crippen LogP contribution in [0, 0.1) is 11.3 Å². The quantitative estimate of drug-likeness (QED) is 0.220. The average Bonchev–Trinajstić information content (AvgIpc) is 3.19. The molecule has 0 unspecified atom stereocenters. The summed E-state index contributed by atoms with van der Waals surface area (Å²) in [5, 5.41) is 3.27. The number of carbonyl (C=O) groups is 2. The number of ketones is 1. The lowest BCUT2D eigenvalue weighted by Crippen LogP contribution is -2.29. The van der Waals surface area contributed by atoms with E-state index in [2.05, 4.69) is 40.1 Å². The second kappa shape index (κ2) is 11.3. The van der Waals surface area contributed by atoms with E-state index in [4.69, 9.17) is 4.98 Å². The van der Waals surface area contributed by atoms with Crippen LogP contribution in [-0.4, -0.2) is 34.8 Å². The molecule has 1 aliphatic carbocycles. The molecule has 0 spiro atoms. The number of hydrogen-bond donors (Lipinski definition) is 1. The average molecular weight is 546 g/mol. The van der Waals surface area contributed by atoms with Gasteiger partial charge in [0, 0.05) is 30.1 Å². The van der Waals surface area contributed by atoms with Crippen LogP contribution in [0.15, 0.2) is 42.5 Å². The molecule has 1 N–H and O–H groups in total. The molecule has 1 fully saturated rings. The van der Waals surface area contributed by atoms with E-state index in [-0.39, 0.29) is 41.8 Å². The lowest BCUT2D eigenvalue weighted by molar-refractivity contribution is -0.274. The van der Waals surface area contributed by atoms with Crippen molar-refractivity contribution < 1.29 is 32.2 Å². The summed E-state index contributed by atoms with van der Waals surface area (Å²) in [5.41, 5.74) is 2.72. The Hall–Kier alpha value is -3.56. The van der Waals surface area contributed by atoms with E-state index in [0.717, 1.165) is 24.8 Å². The molecule has 3 aromatic rings. The Bertz CT molecular complexity index is 1330. The maximum Gasteiger partial charge on any atom is 0.573 e. The molecular weight excluding hydrogens is 511 g/mol. The van der Waals surface area contributed by atoms with Gasteiger partial charge in [0.2, 0.25) is 5.95 Å². The highest BCUT2D eigenvalue weighted by atomic mass is 19.4. The standard InChI is InChI=1S/C29H34F3N3O4/c1-18-14-21(17-28(2,3)16-18)35-24-15-19(25(36)6-5-7-26(37)38-4)8-13-23(24)34-27(35)33-20-9-11-22(12-10-20)39-29(30,31)32/h8-13,15,18,21H,5-7,14,16-17H2,1-4H3,(H,33,34)/t18-,21+/m0/s1. The normalized spacial score (nSPS) is 19.1. The number of Topliss-reactive ketones (excluding diaryl/α,β-unsaturated/α-hetero) is 1. The smallest absolute Gasteiger partial charge is 0.469 e. The summed E-state index contributed by atoms with van der Waals surface area (Å²) < 4.78 is 48.5. The summed E-state index contributed by atoms with van der Waals surface area (Å²) in [4.78, 5) is 29.2. The molecule has 0 aliphatic heterocycles. The third-order valence-electron chi connectivity index (χ3n) is 7.10. The van der Waals surface area contributed by atoms with E-state index in [1.807, 2.05) is 12.1 Å². The fourth-order valence-electron chi connectivity index (χ4n) is 5.73. The molecule has 0 saturated heterocycles. The zero-order valence-corrected chi connectivity index (χ0v) is 22.6. The molecule has 10 heteroatoms. The van der Waals surface area contributed by atoms with Gasteiger partial charge in [-0.25, -0.2) is 4.98 Å². The maximum atomic E-state index is 12.9. The topological polar surface area (TPSA) is 82.5 Å². The van der Waals surface area contributed by atoms with Crippen LogP contribution in [0.5, 0.6) is 5.75 Å². The van der Waals surface area contributed by atoms with Gasteiger partial charge in [-0.2, -0.15) is 0 Å². The summed E-state index contributed by atoms with van der Waals surface area (Å²) in [6, 6.07) is 11.0. The van der Waals surface area contributed by atoms with E-state index in [0.29, 0.717) is 35.1 Å². The number of hydrogen-bond acceptors (Lipinski definition) is 6. The van der Waals surface area contributed by atoms with Crippen molar-refractivity contribution in [2.75, 3.05) is 12.4 Å². The Balaban J connectivity index is 1.68. The summed E-state index contributed by atoms with van der Waals surface area (Å²) >= 11 is 0. The molecule has 210 valence electrons. The van der Waals surface area contributed by atoms with E-state index >= 15 is 0 Å². The van der Waals surface area contributed by atoms with Crippen LogP contribution in [0.4, 0.5) is 24.8 Å². The summed E-state index contributed by atoms with van der Waals surface area (Å²) in [7, 11) is 1.32. The highest BCUT2D eigenvalue weighted by molar-refractivity contribution is 5.99. The largest absolute Gasteiger partial charge is 0.573 e. The third-order valence-corrected chi connectivity index (χ3v) is 7.10. The molecule has 2 aromatic carbocycles. The number of fused-ring (bicyclic) bond motifs is 1. The van der Waals surface area contributed by atoms with Gasteiger partial charge in [-0.05, 0) is 79.5 Å². The molecule has 7 nitrogen and oxygen atoms in total. The third kappa shape index (κ3) is 7.30. The number of halogens is 3. The predicted molar refractivity (Wildman–Crippen MR) is 142 cm³/mol. The fourth-order valence-corrected chi connectivity index (χ4v) is 5.73. The first-order valence-corrected chi connectivity index (χ1v) is 13.1. The van der Waals surface area contributed by atoms with Crippen molar-refractivity contribution in [2.24, 2.45) is 11.3 Å². The fraction of sp³-hybridized carbons (Fsp3) is 0.483. The van der Waals surface area contributed by atoms with Crippen LogP contribution < -0.4 is 10.1 Å². The lowest BCUT2D eigenvalue weighted by atomic mass is 9.70. The molecule has 39 heavy (non-hydrogen) atoms. The Morgan fingerprint density at radius 2 is 1.82 bits per heavy atom. The van der Waals surface area contributed by atoms with Gasteiger partial charge in [0.15, 0.2) is 5.78 Å². The van der Waals surface area contributed by atoms with Gasteiger partial charge in [-0.15, -0.1) is 13.2 Å². The number of esters is 1. The second-order valence-corrected chi connectivity index (χ2v) is 11.1. The first-order valence-electron chi connectivity index (χ1n) is 13.1. The van der Waals surface area contributed by atoms with Crippen molar-refractivity contribution >= 4 is 34.4 Å². The van der Waals surface area contributed by atoms with Crippen molar-refractivity contribution in [1.82, 2.24) is 9.55 Å². The van der Waals surface area contributed by atoms with Crippen molar-refractivity contribution in [2.45, 2.75) is 71.7 Å². The van der Waals surface area contributed by atoms with Gasteiger partial charge in [-0.3, -0.25) is 9.59 Å². The summed E-state index contributed by atoms with van der Waals surface area (Å²) in [5.74, 6) is 0.310. The first-order chi connectivity index (χ1) is 18.3. The van der Waals surface area contributed by atoms with Gasteiger partial charge < -0.3 is 19.4 Å². The Labute approximate surface area is 225 Å². The number of rotatable bonds is 9. The Morgan fingerprint density at radius 1 is 1.10 bits per heavy atom. The van der Waals surface area contributed by atoms with Crippen molar-refractivity contribution in [3.63, 3.8) is 0 Å². The summed E-state index contributed by atoms with van der Waals surface area (Å²) in [6.45, 7) is 6.73. The van der Waals surface area contributed by atoms with E-state index < -0.39 is 6.36 Å². The number of ether oxygens (including phenoxy) is 2. The molecule has 0 radical (unpaired) electrons. The minimum absolute atomic E-state index is 0.0688. The zero-order valence-electron chi connectivity index (χ0n) is 22.6. The number of methoxy groups -OCH3 is 1. The molecule has 1 heterocycles. The minimum atomic E-state index is -4.76. The molecule has 1 aliphatic rings. The number of carbonyl (C=O) groups excluding carboxylic acids is 2. The van der Waals surface area contributed by atoms with Crippen LogP contribution in [0.3, 0.4) is 0 Å². The van der Waals surface area contributed by atoms with E-state index in [1.165, 1.54) is 31.4 Å². The van der Waals surface area contributed by atoms with Crippen LogP contribution in [-0.2, 0) is 9.53 Å². The van der Waals surface area contributed by atoms with Gasteiger partial charge >= 0.3 is 12.3 Å². The van der Waals surface area contributed by atoms with E-state index in [9.17, 15) is 22.8 Å². The number of aromatic nitrogens is 2. The van der Waals surface area contributed by atoms with Crippen molar-refractivity contribution in [1.29, 1.82) is 0 Å². The molecule has 0 bridgehead atoms. The van der Waals surface area contributed by atoms with Gasteiger partial charge in [0.1, 0.15) is 5.75 Å². The number of alkyl halides is 3. The summed E-state index contributed by atoms with van der Waals surface area (Å²) in [6.07, 6.45) is -1.02. The first kappa shape index (κ1) is 28.4. The molecule has 2 atom stereocenters. The van der Waals surface area contributed by atoms with Crippen molar-refractivity contribution in [3.05, 3.63) is 48.0 Å². The molecule has 4 rings (SSSR count). The highest BCUT2D eigenvalue weighted by Crippen LogP contribution is 2.46. The number of benzene rings is 2. The number of imidazole rings is 1. The number of anilines is 2. The maximum absolute atomic E-state index is 12.9. The molecule has 1 aromatic heterocycles. The highest BCUT2D eigenvalue weighted by Gasteiger charge is 2.35. The van der Waals surface area contributed by atoms with Gasteiger partial charge in [0.25, 0.3) is 0 Å².